The summed E-state index contributed by atoms with van der Waals surface area (Å²) < 4.78 is 77.1. The minimum atomic E-state index is -0.512. The topological polar surface area (TPSA) is 150 Å². The van der Waals surface area contributed by atoms with Crippen LogP contribution in [-0.2, 0) is 66.3 Å². The van der Waals surface area contributed by atoms with Crippen LogP contribution in [0.2, 0.25) is 0 Å². The van der Waals surface area contributed by atoms with Crippen LogP contribution < -0.4 is 0 Å². The van der Waals surface area contributed by atoms with Crippen molar-refractivity contribution in [3.63, 3.8) is 0 Å². The molecule has 0 spiro atoms. The molecule has 0 aromatic carbocycles. The van der Waals surface area contributed by atoms with Gasteiger partial charge >= 0.3 is 6.09 Å². The molecular weight excluding hydrogens is 782 g/mol. The van der Waals surface area contributed by atoms with Crippen LogP contribution in [-0.4, -0.2) is 202 Å². The van der Waals surface area contributed by atoms with E-state index >= 15 is 0 Å². The third-order valence-electron chi connectivity index (χ3n) is 8.38. The van der Waals surface area contributed by atoms with E-state index in [9.17, 15) is 4.79 Å². The number of ether oxygens (including phenoxy) is 14. The second kappa shape index (κ2) is 48.8. The number of unbranched alkanes of at least 4 members (excludes halogenated alkanes) is 9. The predicted octanol–water partition coefficient (Wildman–Crippen LogP) is 5.99. The fourth-order valence-corrected chi connectivity index (χ4v) is 5.07. The number of hydrogen-bond acceptors (Lipinski definition) is 15. The van der Waals surface area contributed by atoms with Gasteiger partial charge in [-0.3, -0.25) is 0 Å². The smallest absolute Gasteiger partial charge is 0.410 e. The van der Waals surface area contributed by atoms with Crippen molar-refractivity contribution in [3.8, 4) is 0 Å². The number of nitrogens with zero attached hydrogens (tertiary/aromatic N) is 1. The molecule has 360 valence electrons. The van der Waals surface area contributed by atoms with Gasteiger partial charge < -0.3 is 71.2 Å². The van der Waals surface area contributed by atoms with Crippen LogP contribution in [0.5, 0.6) is 0 Å². The Hall–Kier alpha value is -1.25. The zero-order chi connectivity index (χ0) is 43.7. The van der Waals surface area contributed by atoms with Crippen molar-refractivity contribution in [2.75, 3.05) is 185 Å². The summed E-state index contributed by atoms with van der Waals surface area (Å²) in [5.41, 5.74) is -0.512. The van der Waals surface area contributed by atoms with Crippen molar-refractivity contribution in [1.29, 1.82) is 0 Å². The van der Waals surface area contributed by atoms with Gasteiger partial charge in [-0.25, -0.2) is 4.79 Å². The Morgan fingerprint density at radius 2 is 0.550 bits per heavy atom. The molecule has 0 unspecified atom stereocenters. The monoisotopic (exact) mass is 872 g/mol. The highest BCUT2D eigenvalue weighted by atomic mass is 16.6. The van der Waals surface area contributed by atoms with Crippen molar-refractivity contribution < 1.29 is 71.1 Å². The van der Waals surface area contributed by atoms with Crippen LogP contribution in [0, 0.1) is 0 Å². The SMILES string of the molecule is CCCCCCCCCCCCOCCOCCOCCOCCOCCOCCOCCOCCOCCOCCOCCOCCOCCN(C)C(=O)OC(C)(C)C. The molecule has 0 saturated heterocycles. The maximum Gasteiger partial charge on any atom is 0.410 e. The van der Waals surface area contributed by atoms with Gasteiger partial charge in [-0.05, 0) is 27.2 Å². The lowest BCUT2D eigenvalue weighted by molar-refractivity contribution is -0.0291. The lowest BCUT2D eigenvalue weighted by atomic mass is 10.1. The highest BCUT2D eigenvalue weighted by Gasteiger charge is 2.19. The molecule has 0 saturated carbocycles. The van der Waals surface area contributed by atoms with Crippen molar-refractivity contribution in [2.24, 2.45) is 0 Å². The highest BCUT2D eigenvalue weighted by molar-refractivity contribution is 5.67. The number of likely N-dealkylation sites (N-methyl/N-ethyl adjacent to an activating group) is 1. The third-order valence-corrected chi connectivity index (χ3v) is 8.38. The van der Waals surface area contributed by atoms with Crippen LogP contribution in [0.1, 0.15) is 91.9 Å². The van der Waals surface area contributed by atoms with Gasteiger partial charge in [-0.1, -0.05) is 64.7 Å². The van der Waals surface area contributed by atoms with Crippen molar-refractivity contribution in [3.05, 3.63) is 0 Å². The Labute approximate surface area is 364 Å². The molecule has 60 heavy (non-hydrogen) atoms. The number of hydrogen-bond donors (Lipinski definition) is 0. The Morgan fingerprint density at radius 3 is 0.800 bits per heavy atom. The molecule has 16 heteroatoms. The van der Waals surface area contributed by atoms with E-state index in [0.29, 0.717) is 172 Å². The summed E-state index contributed by atoms with van der Waals surface area (Å²) in [6.07, 6.45) is 13.0. The van der Waals surface area contributed by atoms with Gasteiger partial charge in [0, 0.05) is 20.2 Å². The molecule has 0 bridgehead atoms. The summed E-state index contributed by atoms with van der Waals surface area (Å²) in [7, 11) is 1.68. The van der Waals surface area contributed by atoms with E-state index < -0.39 is 5.60 Å². The van der Waals surface area contributed by atoms with Gasteiger partial charge in [0.15, 0.2) is 0 Å². The Kier molecular flexibility index (Phi) is 47.8. The molecule has 0 radical (unpaired) electrons. The second-order valence-corrected chi connectivity index (χ2v) is 15.0. The summed E-state index contributed by atoms with van der Waals surface area (Å²) in [4.78, 5) is 13.4. The quantitative estimate of drug-likeness (QED) is 0.0659. The van der Waals surface area contributed by atoms with Gasteiger partial charge in [-0.2, -0.15) is 0 Å². The van der Waals surface area contributed by atoms with Crippen molar-refractivity contribution >= 4 is 6.09 Å². The molecule has 0 fully saturated rings. The average molecular weight is 872 g/mol. The van der Waals surface area contributed by atoms with Gasteiger partial charge in [0.05, 0.1) is 165 Å². The summed E-state index contributed by atoms with van der Waals surface area (Å²) in [6, 6.07) is 0. The molecule has 0 aliphatic rings. The largest absolute Gasteiger partial charge is 0.444 e. The number of amides is 1. The maximum atomic E-state index is 11.9. The minimum absolute atomic E-state index is 0.364. The summed E-state index contributed by atoms with van der Waals surface area (Å²) >= 11 is 0. The fourth-order valence-electron chi connectivity index (χ4n) is 5.07. The normalized spacial score (nSPS) is 11.8. The van der Waals surface area contributed by atoms with Gasteiger partial charge in [0.25, 0.3) is 0 Å². The molecule has 1 amide bonds. The fraction of sp³-hybridized carbons (Fsp3) is 0.977. The third kappa shape index (κ3) is 51.1. The van der Waals surface area contributed by atoms with E-state index in [0.717, 1.165) is 13.0 Å². The van der Waals surface area contributed by atoms with Crippen LogP contribution in [0.3, 0.4) is 0 Å². The molecule has 0 aliphatic carbocycles. The minimum Gasteiger partial charge on any atom is -0.444 e. The number of rotatable bonds is 50. The molecule has 0 aromatic rings. The standard InChI is InChI=1S/C44H89NO15/c1-6-7-8-9-10-11-12-13-14-15-17-47-19-21-49-23-25-51-27-29-53-31-33-55-35-37-57-39-41-59-42-40-58-38-36-56-34-32-54-30-28-52-26-24-50-22-20-48-18-16-45(5)43(46)60-44(2,3)4/h6-42H2,1-5H3. The molecule has 0 atom stereocenters. The molecule has 0 heterocycles. The van der Waals surface area contributed by atoms with Gasteiger partial charge in [0.2, 0.25) is 0 Å². The van der Waals surface area contributed by atoms with E-state index in [-0.39, 0.29) is 6.09 Å². The Morgan fingerprint density at radius 1 is 0.333 bits per heavy atom. The first kappa shape index (κ1) is 58.8. The zero-order valence-electron chi connectivity index (χ0n) is 38.7. The zero-order valence-corrected chi connectivity index (χ0v) is 38.7. The summed E-state index contributed by atoms with van der Waals surface area (Å²) in [5.74, 6) is 0. The van der Waals surface area contributed by atoms with E-state index in [1.807, 2.05) is 20.8 Å². The molecule has 16 nitrogen and oxygen atoms in total. The highest BCUT2D eigenvalue weighted by Crippen LogP contribution is 2.11. The molecule has 0 aliphatic heterocycles. The van der Waals surface area contributed by atoms with Crippen LogP contribution in [0.4, 0.5) is 4.79 Å². The Balaban J connectivity index is 3.12. The molecular formula is C44H89NO15. The van der Waals surface area contributed by atoms with E-state index in [1.165, 1.54) is 62.7 Å². The second-order valence-electron chi connectivity index (χ2n) is 15.0. The Bertz CT molecular complexity index is 840. The lowest BCUT2D eigenvalue weighted by Gasteiger charge is -2.24. The van der Waals surface area contributed by atoms with E-state index in [2.05, 4.69) is 6.92 Å². The first-order chi connectivity index (χ1) is 29.4. The number of carbonyl (C=O) groups excluding carboxylic acids is 1. The van der Waals surface area contributed by atoms with E-state index in [1.54, 1.807) is 7.05 Å². The predicted molar refractivity (Wildman–Crippen MR) is 231 cm³/mol. The lowest BCUT2D eigenvalue weighted by Crippen LogP contribution is -2.36. The van der Waals surface area contributed by atoms with Crippen molar-refractivity contribution in [2.45, 2.75) is 97.5 Å². The summed E-state index contributed by atoms with van der Waals surface area (Å²) in [5, 5.41) is 0. The van der Waals surface area contributed by atoms with Crippen LogP contribution in [0.15, 0.2) is 0 Å². The first-order valence-electron chi connectivity index (χ1n) is 22.8. The van der Waals surface area contributed by atoms with Crippen LogP contribution in [0.25, 0.3) is 0 Å². The molecule has 0 aromatic heterocycles. The molecule has 0 rings (SSSR count). The number of carbonyl (C=O) groups is 1. The maximum absolute atomic E-state index is 11.9. The summed E-state index contributed by atoms with van der Waals surface area (Å²) in [6.45, 7) is 21.8. The van der Waals surface area contributed by atoms with Crippen molar-refractivity contribution in [1.82, 2.24) is 4.90 Å². The van der Waals surface area contributed by atoms with Gasteiger partial charge in [0.1, 0.15) is 5.60 Å². The van der Waals surface area contributed by atoms with E-state index in [4.69, 9.17) is 66.3 Å². The average Bonchev–Trinajstić information content (AvgIpc) is 3.22. The van der Waals surface area contributed by atoms with Crippen LogP contribution >= 0.6 is 0 Å². The van der Waals surface area contributed by atoms with Gasteiger partial charge in [-0.15, -0.1) is 0 Å². The first-order valence-corrected chi connectivity index (χ1v) is 22.8. The molecule has 0 N–H and O–H groups in total.